The molecule has 7 nitrogen and oxygen atoms in total. The molecule has 148 valence electrons. The summed E-state index contributed by atoms with van der Waals surface area (Å²) in [6.07, 6.45) is -4.80. The highest BCUT2D eigenvalue weighted by molar-refractivity contribution is 7.89. The van der Waals surface area contributed by atoms with E-state index >= 15 is 0 Å². The largest absolute Gasteiger partial charge is 0.573 e. The van der Waals surface area contributed by atoms with Gasteiger partial charge in [-0.25, -0.2) is 18.1 Å². The molecule has 28 heavy (non-hydrogen) atoms. The summed E-state index contributed by atoms with van der Waals surface area (Å²) < 4.78 is 66.7. The molecule has 0 aliphatic carbocycles. The van der Waals surface area contributed by atoms with E-state index in [-0.39, 0.29) is 21.3 Å². The Morgan fingerprint density at radius 1 is 1.14 bits per heavy atom. The second kappa shape index (κ2) is 7.37. The first-order chi connectivity index (χ1) is 13.1. The predicted molar refractivity (Wildman–Crippen MR) is 96.9 cm³/mol. The Balaban J connectivity index is 1.77. The number of fused-ring (bicyclic) bond motifs is 1. The Morgan fingerprint density at radius 3 is 2.43 bits per heavy atom. The van der Waals surface area contributed by atoms with Gasteiger partial charge in [-0.05, 0) is 43.4 Å². The lowest BCUT2D eigenvalue weighted by atomic mass is 10.2. The van der Waals surface area contributed by atoms with Crippen LogP contribution in [0.25, 0.3) is 10.2 Å². The van der Waals surface area contributed by atoms with Gasteiger partial charge in [0, 0.05) is 11.6 Å². The van der Waals surface area contributed by atoms with Crippen molar-refractivity contribution in [3.05, 3.63) is 48.0 Å². The first-order valence-electron chi connectivity index (χ1n) is 7.59. The van der Waals surface area contributed by atoms with Crippen molar-refractivity contribution < 1.29 is 31.1 Å². The van der Waals surface area contributed by atoms with Crippen molar-refractivity contribution in [3.8, 4) is 5.75 Å². The van der Waals surface area contributed by atoms with Crippen LogP contribution in [0.2, 0.25) is 0 Å². The topological polar surface area (TPSA) is 97.4 Å². The van der Waals surface area contributed by atoms with Gasteiger partial charge in [-0.3, -0.25) is 10.1 Å². The van der Waals surface area contributed by atoms with Gasteiger partial charge in [0.15, 0.2) is 5.13 Å². The summed E-state index contributed by atoms with van der Waals surface area (Å²) in [5.74, 6) is -0.929. The molecule has 0 saturated heterocycles. The lowest BCUT2D eigenvalue weighted by Crippen LogP contribution is -2.19. The zero-order chi connectivity index (χ0) is 20.5. The molecule has 3 aromatic rings. The highest BCUT2D eigenvalue weighted by atomic mass is 32.2. The summed E-state index contributed by atoms with van der Waals surface area (Å²) in [5.41, 5.74) is 0.584. The van der Waals surface area contributed by atoms with Crippen LogP contribution in [-0.4, -0.2) is 32.7 Å². The van der Waals surface area contributed by atoms with Crippen LogP contribution in [0.4, 0.5) is 18.3 Å². The summed E-state index contributed by atoms with van der Waals surface area (Å²) in [6.45, 7) is 0. The summed E-state index contributed by atoms with van der Waals surface area (Å²) in [6, 6.07) is 8.87. The minimum absolute atomic E-state index is 0.00345. The zero-order valence-corrected chi connectivity index (χ0v) is 15.7. The SMILES string of the molecule is CNS(=O)(=O)c1ccc(C(=O)Nc2nc3ccc(OC(F)(F)F)cc3s2)cc1. The molecule has 3 rings (SSSR count). The number of halogens is 3. The van der Waals surface area contributed by atoms with E-state index in [1.165, 1.54) is 43.4 Å². The van der Waals surface area contributed by atoms with E-state index in [0.717, 1.165) is 17.4 Å². The van der Waals surface area contributed by atoms with Crippen molar-refractivity contribution >= 4 is 42.6 Å². The van der Waals surface area contributed by atoms with Gasteiger partial charge in [-0.2, -0.15) is 0 Å². The van der Waals surface area contributed by atoms with Crippen molar-refractivity contribution in [1.82, 2.24) is 9.71 Å². The highest BCUT2D eigenvalue weighted by Crippen LogP contribution is 2.31. The van der Waals surface area contributed by atoms with Gasteiger partial charge >= 0.3 is 6.36 Å². The van der Waals surface area contributed by atoms with E-state index in [0.29, 0.717) is 10.2 Å². The number of carbonyl (C=O) groups is 1. The zero-order valence-electron chi connectivity index (χ0n) is 14.1. The van der Waals surface area contributed by atoms with Crippen LogP contribution < -0.4 is 14.8 Å². The average Bonchev–Trinajstić information content (AvgIpc) is 3.01. The second-order valence-electron chi connectivity index (χ2n) is 5.38. The van der Waals surface area contributed by atoms with Gasteiger partial charge in [0.1, 0.15) is 5.75 Å². The van der Waals surface area contributed by atoms with E-state index in [1.54, 1.807) is 0 Å². The standard InChI is InChI=1S/C16H12F3N3O4S2/c1-20-28(24,25)11-5-2-9(3-6-11)14(23)22-15-21-12-7-4-10(8-13(12)27-15)26-16(17,18)19/h2-8,20H,1H3,(H,21,22,23). The van der Waals surface area contributed by atoms with Crippen LogP contribution >= 0.6 is 11.3 Å². The normalized spacial score (nSPS) is 12.1. The van der Waals surface area contributed by atoms with Gasteiger partial charge in [-0.15, -0.1) is 13.2 Å². The number of nitrogens with zero attached hydrogens (tertiary/aromatic N) is 1. The Labute approximate surface area is 161 Å². The maximum absolute atomic E-state index is 12.3. The Hall–Kier alpha value is -2.70. The lowest BCUT2D eigenvalue weighted by molar-refractivity contribution is -0.274. The molecule has 2 aromatic carbocycles. The van der Waals surface area contributed by atoms with Crippen molar-refractivity contribution in [1.29, 1.82) is 0 Å². The quantitative estimate of drug-likeness (QED) is 0.646. The molecule has 0 bridgehead atoms. The molecule has 0 aliphatic rings. The summed E-state index contributed by atoms with van der Waals surface area (Å²) >= 11 is 0.975. The molecule has 2 N–H and O–H groups in total. The molecule has 0 spiro atoms. The molecule has 0 aliphatic heterocycles. The van der Waals surface area contributed by atoms with Crippen LogP contribution in [0, 0.1) is 0 Å². The van der Waals surface area contributed by atoms with E-state index < -0.39 is 22.3 Å². The summed E-state index contributed by atoms with van der Waals surface area (Å²) in [5, 5.41) is 2.70. The number of benzene rings is 2. The fraction of sp³-hybridized carbons (Fsp3) is 0.125. The molecule has 1 amide bonds. The Bertz CT molecular complexity index is 1130. The summed E-state index contributed by atoms with van der Waals surface area (Å²) in [7, 11) is -2.35. The van der Waals surface area contributed by atoms with Crippen molar-refractivity contribution in [2.45, 2.75) is 11.3 Å². The number of nitrogens with one attached hydrogen (secondary N) is 2. The number of sulfonamides is 1. The van der Waals surface area contributed by atoms with Crippen molar-refractivity contribution in [3.63, 3.8) is 0 Å². The Kier molecular flexibility index (Phi) is 5.28. The van der Waals surface area contributed by atoms with Gasteiger partial charge in [0.2, 0.25) is 10.0 Å². The lowest BCUT2D eigenvalue weighted by Gasteiger charge is -2.07. The van der Waals surface area contributed by atoms with E-state index in [4.69, 9.17) is 0 Å². The number of hydrogen-bond donors (Lipinski definition) is 2. The fourth-order valence-electron chi connectivity index (χ4n) is 2.23. The summed E-state index contributed by atoms with van der Waals surface area (Å²) in [4.78, 5) is 16.4. The fourth-order valence-corrected chi connectivity index (χ4v) is 3.85. The minimum Gasteiger partial charge on any atom is -0.406 e. The molecule has 0 saturated carbocycles. The number of amides is 1. The van der Waals surface area contributed by atoms with Crippen LogP contribution in [0.5, 0.6) is 5.75 Å². The predicted octanol–water partition coefficient (Wildman–Crippen LogP) is 3.36. The second-order valence-corrected chi connectivity index (χ2v) is 8.30. The van der Waals surface area contributed by atoms with E-state index in [1.807, 2.05) is 0 Å². The Morgan fingerprint density at radius 2 is 1.82 bits per heavy atom. The number of hydrogen-bond acceptors (Lipinski definition) is 6. The third-order valence-corrected chi connectivity index (χ3v) is 5.87. The smallest absolute Gasteiger partial charge is 0.406 e. The number of ether oxygens (including phenoxy) is 1. The van der Waals surface area contributed by atoms with Gasteiger partial charge in [0.05, 0.1) is 15.1 Å². The van der Waals surface area contributed by atoms with Crippen LogP contribution in [0.1, 0.15) is 10.4 Å². The number of alkyl halides is 3. The molecular weight excluding hydrogens is 419 g/mol. The molecule has 0 atom stereocenters. The molecule has 1 heterocycles. The molecule has 1 aromatic heterocycles. The van der Waals surface area contributed by atoms with Crippen molar-refractivity contribution in [2.24, 2.45) is 0 Å². The van der Waals surface area contributed by atoms with Crippen molar-refractivity contribution in [2.75, 3.05) is 12.4 Å². The minimum atomic E-state index is -4.80. The number of rotatable bonds is 5. The molecule has 0 fully saturated rings. The molecule has 12 heteroatoms. The first-order valence-corrected chi connectivity index (χ1v) is 9.89. The third-order valence-electron chi connectivity index (χ3n) is 3.51. The van der Waals surface area contributed by atoms with Crippen LogP contribution in [-0.2, 0) is 10.0 Å². The van der Waals surface area contributed by atoms with Gasteiger partial charge in [0.25, 0.3) is 5.91 Å². The van der Waals surface area contributed by atoms with Crippen LogP contribution in [0.15, 0.2) is 47.4 Å². The average molecular weight is 431 g/mol. The number of thiazole rings is 1. The highest BCUT2D eigenvalue weighted by Gasteiger charge is 2.31. The molecular formula is C16H12F3N3O4S2. The number of aromatic nitrogens is 1. The van der Waals surface area contributed by atoms with E-state index in [9.17, 15) is 26.4 Å². The number of carbonyl (C=O) groups excluding carboxylic acids is 1. The maximum Gasteiger partial charge on any atom is 0.573 e. The monoisotopic (exact) mass is 431 g/mol. The molecule has 0 unspecified atom stereocenters. The number of anilines is 1. The third kappa shape index (κ3) is 4.58. The maximum atomic E-state index is 12.3. The first kappa shape index (κ1) is 20.0. The van der Waals surface area contributed by atoms with Gasteiger partial charge in [-0.1, -0.05) is 11.3 Å². The van der Waals surface area contributed by atoms with Crippen LogP contribution in [0.3, 0.4) is 0 Å². The molecule has 0 radical (unpaired) electrons. The van der Waals surface area contributed by atoms with E-state index in [2.05, 4.69) is 19.8 Å². The van der Waals surface area contributed by atoms with Gasteiger partial charge < -0.3 is 4.74 Å².